The van der Waals surface area contributed by atoms with Gasteiger partial charge in [0.1, 0.15) is 0 Å². The Labute approximate surface area is 160 Å². The van der Waals surface area contributed by atoms with Crippen molar-refractivity contribution in [2.75, 3.05) is 6.54 Å². The lowest BCUT2D eigenvalue weighted by Gasteiger charge is -2.14. The van der Waals surface area contributed by atoms with Crippen molar-refractivity contribution in [2.45, 2.75) is 37.2 Å². The maximum absolute atomic E-state index is 12.4. The summed E-state index contributed by atoms with van der Waals surface area (Å²) in [5, 5.41) is 12.6. The molecule has 1 atom stereocenters. The van der Waals surface area contributed by atoms with Crippen LogP contribution in [0.3, 0.4) is 0 Å². The van der Waals surface area contributed by atoms with Crippen LogP contribution in [0.15, 0.2) is 71.6 Å². The van der Waals surface area contributed by atoms with Crippen molar-refractivity contribution in [2.24, 2.45) is 0 Å². The Balaban J connectivity index is 1.64. The number of rotatable bonds is 8. The van der Waals surface area contributed by atoms with Gasteiger partial charge in [-0.05, 0) is 46.9 Å². The van der Waals surface area contributed by atoms with Crippen LogP contribution in [0.1, 0.15) is 37.0 Å². The lowest BCUT2D eigenvalue weighted by atomic mass is 9.99. The fourth-order valence-electron chi connectivity index (χ4n) is 3.23. The maximum atomic E-state index is 12.4. The molecule has 0 heterocycles. The van der Waals surface area contributed by atoms with Gasteiger partial charge >= 0.3 is 0 Å². The molecule has 0 saturated heterocycles. The van der Waals surface area contributed by atoms with E-state index in [0.717, 1.165) is 34.7 Å². The fourth-order valence-corrected chi connectivity index (χ4v) is 4.28. The monoisotopic (exact) mass is 383 g/mol. The second-order valence-electron chi connectivity index (χ2n) is 6.66. The molecule has 0 spiro atoms. The number of hydrogen-bond donors (Lipinski definition) is 2. The van der Waals surface area contributed by atoms with Crippen LogP contribution < -0.4 is 4.72 Å². The van der Waals surface area contributed by atoms with Crippen molar-refractivity contribution in [1.82, 2.24) is 4.72 Å². The average molecular weight is 384 g/mol. The van der Waals surface area contributed by atoms with Gasteiger partial charge in [0.05, 0.1) is 11.0 Å². The van der Waals surface area contributed by atoms with E-state index in [4.69, 9.17) is 0 Å². The first-order chi connectivity index (χ1) is 13.0. The second-order valence-corrected chi connectivity index (χ2v) is 8.43. The van der Waals surface area contributed by atoms with Gasteiger partial charge < -0.3 is 5.11 Å². The van der Waals surface area contributed by atoms with Gasteiger partial charge in [0.2, 0.25) is 10.0 Å². The van der Waals surface area contributed by atoms with Gasteiger partial charge in [0.15, 0.2) is 0 Å². The van der Waals surface area contributed by atoms with Gasteiger partial charge in [-0.3, -0.25) is 0 Å². The number of fused-ring (bicyclic) bond motifs is 1. The lowest BCUT2D eigenvalue weighted by Crippen LogP contribution is -2.26. The van der Waals surface area contributed by atoms with Gasteiger partial charge in [-0.25, -0.2) is 13.1 Å². The lowest BCUT2D eigenvalue weighted by molar-refractivity contribution is 0.170. The van der Waals surface area contributed by atoms with Crippen LogP contribution in [0.2, 0.25) is 0 Å². The number of sulfonamides is 1. The van der Waals surface area contributed by atoms with Gasteiger partial charge in [-0.1, -0.05) is 67.9 Å². The summed E-state index contributed by atoms with van der Waals surface area (Å²) in [6.07, 6.45) is 1.54. The zero-order valence-electron chi connectivity index (χ0n) is 15.4. The fraction of sp³-hybridized carbons (Fsp3) is 0.273. The Morgan fingerprint density at radius 1 is 0.963 bits per heavy atom. The molecule has 27 heavy (non-hydrogen) atoms. The molecule has 4 nitrogen and oxygen atoms in total. The molecule has 0 fully saturated rings. The summed E-state index contributed by atoms with van der Waals surface area (Å²) in [6, 6.07) is 20.6. The smallest absolute Gasteiger partial charge is 0.240 e. The molecule has 0 aromatic heterocycles. The van der Waals surface area contributed by atoms with Crippen molar-refractivity contribution in [3.8, 4) is 0 Å². The molecule has 0 aliphatic rings. The minimum atomic E-state index is -3.57. The van der Waals surface area contributed by atoms with E-state index in [1.165, 1.54) is 0 Å². The zero-order valence-corrected chi connectivity index (χ0v) is 16.2. The molecule has 0 aliphatic carbocycles. The number of aliphatic hydroxyl groups excluding tert-OH is 1. The molecule has 0 bridgehead atoms. The Bertz CT molecular complexity index is 992. The van der Waals surface area contributed by atoms with Gasteiger partial charge in [0.25, 0.3) is 0 Å². The largest absolute Gasteiger partial charge is 0.388 e. The minimum Gasteiger partial charge on any atom is -0.388 e. The molecular formula is C22H25NO3S. The number of nitrogens with one attached hydrogen (secondary N) is 1. The Kier molecular flexibility index (Phi) is 6.26. The molecule has 3 rings (SSSR count). The summed E-state index contributed by atoms with van der Waals surface area (Å²) in [5.41, 5.74) is 1.94. The van der Waals surface area contributed by atoms with E-state index in [2.05, 4.69) is 11.6 Å². The maximum Gasteiger partial charge on any atom is 0.240 e. The number of aliphatic hydroxyl groups is 1. The van der Waals surface area contributed by atoms with E-state index in [1.54, 1.807) is 12.1 Å². The van der Waals surface area contributed by atoms with Gasteiger partial charge in [-0.15, -0.1) is 0 Å². The Morgan fingerprint density at radius 2 is 1.67 bits per heavy atom. The Hall–Kier alpha value is -2.21. The normalized spacial score (nSPS) is 13.0. The summed E-state index contributed by atoms with van der Waals surface area (Å²) in [5.74, 6) is 0. The molecule has 142 valence electrons. The molecule has 0 saturated carbocycles. The number of benzene rings is 3. The first kappa shape index (κ1) is 19.5. The van der Waals surface area contributed by atoms with Crippen LogP contribution >= 0.6 is 0 Å². The van der Waals surface area contributed by atoms with Crippen molar-refractivity contribution < 1.29 is 13.5 Å². The summed E-state index contributed by atoms with van der Waals surface area (Å²) >= 11 is 0. The standard InChI is InChI=1S/C22H25NO3S/c1-2-6-17-11-13-19(14-12-17)27(25,26)23-16-15-22(24)21-10-5-8-18-7-3-4-9-20(18)21/h3-5,7-14,22-24H,2,6,15-16H2,1H3. The van der Waals surface area contributed by atoms with E-state index in [0.29, 0.717) is 6.42 Å². The predicted octanol–water partition coefficient (Wildman–Crippen LogP) is 4.19. The third-order valence-electron chi connectivity index (χ3n) is 4.66. The van der Waals surface area contributed by atoms with Crippen molar-refractivity contribution in [3.63, 3.8) is 0 Å². The summed E-state index contributed by atoms with van der Waals surface area (Å²) in [7, 11) is -3.57. The molecule has 2 N–H and O–H groups in total. The highest BCUT2D eigenvalue weighted by atomic mass is 32.2. The van der Waals surface area contributed by atoms with Gasteiger partial charge in [0, 0.05) is 6.54 Å². The van der Waals surface area contributed by atoms with E-state index in [1.807, 2.05) is 54.6 Å². The number of hydrogen-bond acceptors (Lipinski definition) is 3. The highest BCUT2D eigenvalue weighted by Gasteiger charge is 2.16. The molecule has 3 aromatic rings. The first-order valence-corrected chi connectivity index (χ1v) is 10.7. The minimum absolute atomic E-state index is 0.170. The molecule has 0 amide bonds. The third-order valence-corrected chi connectivity index (χ3v) is 6.14. The van der Waals surface area contributed by atoms with Crippen molar-refractivity contribution >= 4 is 20.8 Å². The SMILES string of the molecule is CCCc1ccc(S(=O)(=O)NCCC(O)c2cccc3ccccc23)cc1. The highest BCUT2D eigenvalue weighted by molar-refractivity contribution is 7.89. The zero-order chi connectivity index (χ0) is 19.3. The molecule has 0 aliphatic heterocycles. The third kappa shape index (κ3) is 4.75. The molecule has 1 unspecified atom stereocenters. The average Bonchev–Trinajstić information content (AvgIpc) is 2.68. The van der Waals surface area contributed by atoms with Crippen LogP contribution in [-0.4, -0.2) is 20.1 Å². The summed E-state index contributed by atoms with van der Waals surface area (Å²) < 4.78 is 27.5. The number of aryl methyl sites for hydroxylation is 1. The molecule has 5 heteroatoms. The molecular weight excluding hydrogens is 358 g/mol. The molecule has 3 aromatic carbocycles. The van der Waals surface area contributed by atoms with Gasteiger partial charge in [-0.2, -0.15) is 0 Å². The van der Waals surface area contributed by atoms with E-state index >= 15 is 0 Å². The quantitative estimate of drug-likeness (QED) is 0.613. The van der Waals surface area contributed by atoms with Crippen LogP contribution in [0.4, 0.5) is 0 Å². The van der Waals surface area contributed by atoms with Crippen LogP contribution in [0.5, 0.6) is 0 Å². The van der Waals surface area contributed by atoms with E-state index < -0.39 is 16.1 Å². The van der Waals surface area contributed by atoms with Crippen LogP contribution in [-0.2, 0) is 16.4 Å². The summed E-state index contributed by atoms with van der Waals surface area (Å²) in [6.45, 7) is 2.26. The van der Waals surface area contributed by atoms with Crippen molar-refractivity contribution in [1.29, 1.82) is 0 Å². The summed E-state index contributed by atoms with van der Waals surface area (Å²) in [4.78, 5) is 0.252. The second kappa shape index (κ2) is 8.65. The van der Waals surface area contributed by atoms with Crippen LogP contribution in [0.25, 0.3) is 10.8 Å². The first-order valence-electron chi connectivity index (χ1n) is 9.25. The highest BCUT2D eigenvalue weighted by Crippen LogP contribution is 2.26. The van der Waals surface area contributed by atoms with Crippen molar-refractivity contribution in [3.05, 3.63) is 77.9 Å². The molecule has 0 radical (unpaired) electrons. The topological polar surface area (TPSA) is 66.4 Å². The van der Waals surface area contributed by atoms with Crippen LogP contribution in [0, 0.1) is 0 Å². The predicted molar refractivity (Wildman–Crippen MR) is 109 cm³/mol. The van der Waals surface area contributed by atoms with E-state index in [-0.39, 0.29) is 11.4 Å². The van der Waals surface area contributed by atoms with E-state index in [9.17, 15) is 13.5 Å². The Morgan fingerprint density at radius 3 is 2.41 bits per heavy atom.